The molecule has 10 nitrogen and oxygen atoms in total. The van der Waals surface area contributed by atoms with Crippen molar-refractivity contribution in [2.24, 2.45) is 0 Å². The second kappa shape index (κ2) is 12.2. The number of hydrogen-bond donors (Lipinski definition) is 3. The molecule has 36 heavy (non-hydrogen) atoms. The van der Waals surface area contributed by atoms with Crippen molar-refractivity contribution < 1.29 is 38.0 Å². The van der Waals surface area contributed by atoms with Crippen LogP contribution in [0.5, 0.6) is 0 Å². The van der Waals surface area contributed by atoms with Gasteiger partial charge in [-0.3, -0.25) is 14.2 Å². The van der Waals surface area contributed by atoms with E-state index < -0.39 is 25.9 Å². The van der Waals surface area contributed by atoms with E-state index in [1.54, 1.807) is 47.4 Å². The summed E-state index contributed by atoms with van der Waals surface area (Å²) >= 11 is 6.12. The monoisotopic (exact) mass is 543 g/mol. The van der Waals surface area contributed by atoms with Gasteiger partial charge in [-0.15, -0.1) is 0 Å². The molecule has 1 amide bonds. The highest BCUT2D eigenvalue weighted by Gasteiger charge is 2.41. The minimum atomic E-state index is -4.56. The van der Waals surface area contributed by atoms with Crippen molar-refractivity contribution in [3.63, 3.8) is 0 Å². The lowest BCUT2D eigenvalue weighted by atomic mass is 9.96. The van der Waals surface area contributed by atoms with E-state index in [0.29, 0.717) is 30.4 Å². The zero-order chi connectivity index (χ0) is 26.5. The van der Waals surface area contributed by atoms with Gasteiger partial charge in [0.25, 0.3) is 0 Å². The number of carboxylic acid groups (broad SMARTS) is 1. The molecule has 1 atom stereocenters. The maximum Gasteiger partial charge on any atom is 0.469 e. The summed E-state index contributed by atoms with van der Waals surface area (Å²) < 4.78 is 29.2. The van der Waals surface area contributed by atoms with Crippen LogP contribution in [0, 0.1) is 5.82 Å². The molecule has 1 heterocycles. The number of phosphoric ester groups is 1. The highest BCUT2D eigenvalue weighted by molar-refractivity contribution is 7.46. The third-order valence-electron chi connectivity index (χ3n) is 5.85. The molecule has 1 unspecified atom stereocenters. The molecule has 0 saturated carbocycles. The summed E-state index contributed by atoms with van der Waals surface area (Å²) in [6.07, 6.45) is -1.38. The summed E-state index contributed by atoms with van der Waals surface area (Å²) in [6, 6.07) is 11.4. The predicted molar refractivity (Wildman–Crippen MR) is 130 cm³/mol. The molecule has 0 saturated heterocycles. The van der Waals surface area contributed by atoms with Crippen molar-refractivity contribution in [2.75, 3.05) is 20.2 Å². The molecule has 0 spiro atoms. The molecule has 0 aliphatic carbocycles. The fraction of sp³-hybridized carbons (Fsp3) is 0.391. The van der Waals surface area contributed by atoms with E-state index in [-0.39, 0.29) is 37.0 Å². The van der Waals surface area contributed by atoms with E-state index in [4.69, 9.17) is 21.4 Å². The van der Waals surface area contributed by atoms with Gasteiger partial charge in [0.2, 0.25) is 5.78 Å². The van der Waals surface area contributed by atoms with Crippen LogP contribution in [0.25, 0.3) is 0 Å². The molecular weight excluding hydrogens is 516 g/mol. The number of nitrogens with zero attached hydrogens (tertiary/aromatic N) is 3. The van der Waals surface area contributed by atoms with Crippen LogP contribution >= 0.6 is 19.4 Å². The lowest BCUT2D eigenvalue weighted by molar-refractivity contribution is -0.0925. The molecule has 0 radical (unpaired) electrons. The maximum atomic E-state index is 14.0. The number of phosphoric acid groups is 1. The Morgan fingerprint density at radius 2 is 1.92 bits per heavy atom. The number of ketones is 1. The highest BCUT2D eigenvalue weighted by atomic mass is 35.5. The first-order valence-corrected chi connectivity index (χ1v) is 13.1. The van der Waals surface area contributed by atoms with Crippen molar-refractivity contribution >= 4 is 31.3 Å². The highest BCUT2D eigenvalue weighted by Crippen LogP contribution is 2.36. The smallest absolute Gasteiger partial charge is 0.465 e. The van der Waals surface area contributed by atoms with E-state index in [1.165, 1.54) is 12.1 Å². The minimum absolute atomic E-state index is 0.00881. The Morgan fingerprint density at radius 3 is 2.61 bits per heavy atom. The molecule has 0 fully saturated rings. The number of benzene rings is 2. The van der Waals surface area contributed by atoms with Gasteiger partial charge in [-0.25, -0.2) is 23.8 Å². The Bertz CT molecular complexity index is 1150. The molecule has 3 N–H and O–H groups in total. The van der Waals surface area contributed by atoms with Crippen molar-refractivity contribution in [3.05, 3.63) is 70.0 Å². The Balaban J connectivity index is 1.81. The van der Waals surface area contributed by atoms with E-state index in [9.17, 15) is 23.7 Å². The molecule has 3 rings (SSSR count). The first-order valence-electron chi connectivity index (χ1n) is 11.2. The van der Waals surface area contributed by atoms with E-state index in [1.807, 2.05) is 0 Å². The van der Waals surface area contributed by atoms with Gasteiger partial charge < -0.3 is 14.9 Å². The van der Waals surface area contributed by atoms with Gasteiger partial charge in [0.15, 0.2) is 6.17 Å². The number of carbonyl (C=O) groups is 2. The van der Waals surface area contributed by atoms with Crippen molar-refractivity contribution in [3.8, 4) is 0 Å². The number of unbranched alkanes of at least 4 members (excludes halogenated alkanes) is 2. The van der Waals surface area contributed by atoms with Gasteiger partial charge in [-0.05, 0) is 36.5 Å². The van der Waals surface area contributed by atoms with Crippen molar-refractivity contribution in [1.82, 2.24) is 14.9 Å². The molecule has 0 bridgehead atoms. The fourth-order valence-electron chi connectivity index (χ4n) is 4.12. The van der Waals surface area contributed by atoms with Crippen LogP contribution in [-0.4, -0.2) is 68.1 Å². The van der Waals surface area contributed by atoms with Crippen molar-refractivity contribution in [1.29, 1.82) is 0 Å². The number of carbonyl (C=O) groups excluding carboxylic acids is 1. The average molecular weight is 544 g/mol. The first kappa shape index (κ1) is 28.2. The second-order valence-corrected chi connectivity index (χ2v) is 10.00. The van der Waals surface area contributed by atoms with E-state index in [2.05, 4.69) is 4.52 Å². The number of Topliss-reactive ketones (excluding diaryl/α,β-unsaturated/α-hetero) is 1. The number of hydrazine groups is 1. The lowest BCUT2D eigenvalue weighted by Crippen LogP contribution is -2.61. The first-order chi connectivity index (χ1) is 17.0. The van der Waals surface area contributed by atoms with Gasteiger partial charge in [-0.1, -0.05) is 48.0 Å². The van der Waals surface area contributed by atoms with Gasteiger partial charge in [0.1, 0.15) is 5.82 Å². The third-order valence-corrected chi connectivity index (χ3v) is 6.79. The second-order valence-electron chi connectivity index (χ2n) is 8.38. The van der Waals surface area contributed by atoms with Crippen LogP contribution in [-0.2, 0) is 22.2 Å². The summed E-state index contributed by atoms with van der Waals surface area (Å²) in [7, 11) is -2.88. The number of hydrogen-bond acceptors (Lipinski definition) is 6. The topological polar surface area (TPSA) is 131 Å². The predicted octanol–water partition coefficient (Wildman–Crippen LogP) is 4.11. The third kappa shape index (κ3) is 7.10. The van der Waals surface area contributed by atoms with Gasteiger partial charge in [0, 0.05) is 32.2 Å². The molecule has 1 aliphatic heterocycles. The largest absolute Gasteiger partial charge is 0.469 e. The Labute approximate surface area is 213 Å². The summed E-state index contributed by atoms with van der Waals surface area (Å²) in [5.74, 6) is -0.963. The summed E-state index contributed by atoms with van der Waals surface area (Å²) in [4.78, 5) is 44.4. The lowest BCUT2D eigenvalue weighted by Gasteiger charge is -2.44. The van der Waals surface area contributed by atoms with Crippen LogP contribution in [0.1, 0.15) is 40.7 Å². The normalized spacial score (nSPS) is 16.3. The maximum absolute atomic E-state index is 14.0. The van der Waals surface area contributed by atoms with Crippen LogP contribution in [0.3, 0.4) is 0 Å². The summed E-state index contributed by atoms with van der Waals surface area (Å²) in [6.45, 7) is 0.219. The molecule has 2 aromatic rings. The minimum Gasteiger partial charge on any atom is -0.465 e. The fourth-order valence-corrected chi connectivity index (χ4v) is 4.67. The number of fused-ring (bicyclic) bond motifs is 1. The summed E-state index contributed by atoms with van der Waals surface area (Å²) in [5, 5.41) is 13.2. The molecule has 196 valence electrons. The molecule has 2 aromatic carbocycles. The molecule has 1 aliphatic rings. The van der Waals surface area contributed by atoms with E-state index >= 15 is 0 Å². The molecule has 0 aromatic heterocycles. The Hall–Kier alpha value is -2.37. The number of rotatable bonds is 11. The number of halogens is 2. The SMILES string of the molecule is CN(Cc1cccc(F)c1Cl)N1Cc2ccccc2C(=O)C1N(CCCCCOP(=O)(O)O)C(=O)O. The van der Waals surface area contributed by atoms with Gasteiger partial charge in [-0.2, -0.15) is 0 Å². The molecular formula is C23H28ClFN3O7P. The quantitative estimate of drug-likeness (QED) is 0.283. The molecule has 13 heteroatoms. The van der Waals surface area contributed by atoms with Crippen LogP contribution in [0.2, 0.25) is 5.02 Å². The van der Waals surface area contributed by atoms with Crippen LogP contribution < -0.4 is 0 Å². The van der Waals surface area contributed by atoms with Crippen LogP contribution in [0.15, 0.2) is 42.5 Å². The average Bonchev–Trinajstić information content (AvgIpc) is 2.81. The zero-order valence-corrected chi connectivity index (χ0v) is 21.2. The van der Waals surface area contributed by atoms with E-state index in [0.717, 1.165) is 10.5 Å². The van der Waals surface area contributed by atoms with Crippen LogP contribution in [0.4, 0.5) is 9.18 Å². The van der Waals surface area contributed by atoms with Gasteiger partial charge >= 0.3 is 13.9 Å². The van der Waals surface area contributed by atoms with Gasteiger partial charge in [0.05, 0.1) is 11.6 Å². The number of amides is 1. The zero-order valence-electron chi connectivity index (χ0n) is 19.6. The Kier molecular flexibility index (Phi) is 9.59. The standard InChI is InChI=1S/C23H28ClFN3O7P/c1-26(14-17-9-7-11-19(25)20(17)24)28-15-16-8-3-4-10-18(16)21(29)22(28)27(23(30)31)12-5-2-6-13-35-36(32,33)34/h3-4,7-11,22H,2,5-6,12-15H2,1H3,(H,30,31)(H2,32,33,34). The Morgan fingerprint density at radius 1 is 1.19 bits per heavy atom. The van der Waals surface area contributed by atoms with Crippen molar-refractivity contribution in [2.45, 2.75) is 38.5 Å². The summed E-state index contributed by atoms with van der Waals surface area (Å²) in [5.41, 5.74) is 1.64.